The van der Waals surface area contributed by atoms with Crippen LogP contribution in [0.4, 0.5) is 0 Å². The average Bonchev–Trinajstić information content (AvgIpc) is 2.37. The van der Waals surface area contributed by atoms with Crippen LogP contribution in [0.2, 0.25) is 0 Å². The second-order valence-corrected chi connectivity index (χ2v) is 4.35. The lowest BCUT2D eigenvalue weighted by Gasteiger charge is -2.11. The number of halogens is 1. The first-order chi connectivity index (χ1) is 9.03. The third kappa shape index (κ3) is 3.73. The smallest absolute Gasteiger partial charge is 0.259 e. The first-order valence-corrected chi connectivity index (χ1v) is 6.24. The zero-order chi connectivity index (χ0) is 14.4. The van der Waals surface area contributed by atoms with Crippen LogP contribution in [0.3, 0.4) is 0 Å². The SMILES string of the molecule is CCOc1cc(Br)c(C=C(C#N)C(N)=O)cc1OC. The molecule has 1 rings (SSSR count). The number of amides is 1. The molecule has 0 atom stereocenters. The van der Waals surface area contributed by atoms with E-state index < -0.39 is 5.91 Å². The van der Waals surface area contributed by atoms with Crippen molar-refractivity contribution in [3.8, 4) is 17.6 Å². The van der Waals surface area contributed by atoms with Crippen molar-refractivity contribution < 1.29 is 14.3 Å². The fourth-order valence-corrected chi connectivity index (χ4v) is 1.84. The van der Waals surface area contributed by atoms with E-state index in [0.717, 1.165) is 0 Å². The summed E-state index contributed by atoms with van der Waals surface area (Å²) in [6.07, 6.45) is 1.39. The summed E-state index contributed by atoms with van der Waals surface area (Å²) in [6, 6.07) is 5.12. The van der Waals surface area contributed by atoms with Crippen molar-refractivity contribution in [2.24, 2.45) is 5.73 Å². The molecule has 0 radical (unpaired) electrons. The van der Waals surface area contributed by atoms with Crippen LogP contribution in [0, 0.1) is 11.3 Å². The molecule has 6 heteroatoms. The van der Waals surface area contributed by atoms with Crippen molar-refractivity contribution in [1.82, 2.24) is 0 Å². The highest BCUT2D eigenvalue weighted by atomic mass is 79.9. The van der Waals surface area contributed by atoms with Crippen LogP contribution in [0.5, 0.6) is 11.5 Å². The van der Waals surface area contributed by atoms with Crippen LogP contribution in [-0.4, -0.2) is 19.6 Å². The minimum Gasteiger partial charge on any atom is -0.493 e. The van der Waals surface area contributed by atoms with Crippen molar-refractivity contribution in [3.63, 3.8) is 0 Å². The van der Waals surface area contributed by atoms with E-state index >= 15 is 0 Å². The van der Waals surface area contributed by atoms with Crippen LogP contribution in [0.15, 0.2) is 22.2 Å². The summed E-state index contributed by atoms with van der Waals surface area (Å²) in [6.45, 7) is 2.37. The van der Waals surface area contributed by atoms with Crippen LogP contribution in [-0.2, 0) is 4.79 Å². The lowest BCUT2D eigenvalue weighted by Crippen LogP contribution is -2.12. The van der Waals surface area contributed by atoms with Gasteiger partial charge < -0.3 is 15.2 Å². The number of primary amides is 1. The van der Waals surface area contributed by atoms with Gasteiger partial charge in [0.05, 0.1) is 13.7 Å². The van der Waals surface area contributed by atoms with E-state index in [4.69, 9.17) is 20.5 Å². The number of benzene rings is 1. The van der Waals surface area contributed by atoms with Gasteiger partial charge in [-0.2, -0.15) is 5.26 Å². The zero-order valence-corrected chi connectivity index (χ0v) is 12.2. The Kier molecular flexibility index (Phi) is 5.39. The fraction of sp³-hybridized carbons (Fsp3) is 0.231. The van der Waals surface area contributed by atoms with E-state index in [-0.39, 0.29) is 5.57 Å². The molecule has 0 spiro atoms. The average molecular weight is 325 g/mol. The maximum Gasteiger partial charge on any atom is 0.259 e. The highest BCUT2D eigenvalue weighted by Gasteiger charge is 2.11. The Bertz CT molecular complexity index is 562. The molecule has 0 aliphatic carbocycles. The molecule has 0 bridgehead atoms. The number of carbonyl (C=O) groups is 1. The number of hydrogen-bond donors (Lipinski definition) is 1. The summed E-state index contributed by atoms with van der Waals surface area (Å²) >= 11 is 3.35. The molecule has 100 valence electrons. The van der Waals surface area contributed by atoms with Crippen molar-refractivity contribution in [2.45, 2.75) is 6.92 Å². The van der Waals surface area contributed by atoms with Gasteiger partial charge in [0.25, 0.3) is 5.91 Å². The van der Waals surface area contributed by atoms with Crippen LogP contribution < -0.4 is 15.2 Å². The highest BCUT2D eigenvalue weighted by Crippen LogP contribution is 2.34. The third-order valence-electron chi connectivity index (χ3n) is 2.27. The Morgan fingerprint density at radius 2 is 2.21 bits per heavy atom. The largest absolute Gasteiger partial charge is 0.493 e. The molecule has 0 aliphatic rings. The molecule has 0 fully saturated rings. The fourth-order valence-electron chi connectivity index (χ4n) is 1.40. The van der Waals surface area contributed by atoms with Gasteiger partial charge >= 0.3 is 0 Å². The molecule has 0 saturated heterocycles. The van der Waals surface area contributed by atoms with Crippen LogP contribution >= 0.6 is 15.9 Å². The summed E-state index contributed by atoms with van der Waals surface area (Å²) in [5.41, 5.74) is 5.57. The first-order valence-electron chi connectivity index (χ1n) is 5.45. The molecule has 0 heterocycles. The summed E-state index contributed by atoms with van der Waals surface area (Å²) in [4.78, 5) is 11.0. The molecule has 0 saturated carbocycles. The van der Waals surface area contributed by atoms with Gasteiger partial charge in [0, 0.05) is 4.47 Å². The maximum absolute atomic E-state index is 11.0. The van der Waals surface area contributed by atoms with Gasteiger partial charge in [0.2, 0.25) is 0 Å². The Labute approximate surface area is 119 Å². The van der Waals surface area contributed by atoms with Crippen molar-refractivity contribution in [1.29, 1.82) is 5.26 Å². The molecule has 5 nitrogen and oxygen atoms in total. The van der Waals surface area contributed by atoms with Gasteiger partial charge in [0.15, 0.2) is 11.5 Å². The first kappa shape index (κ1) is 15.1. The van der Waals surface area contributed by atoms with Crippen molar-refractivity contribution >= 4 is 27.9 Å². The lowest BCUT2D eigenvalue weighted by molar-refractivity contribution is -0.114. The quantitative estimate of drug-likeness (QED) is 0.664. The van der Waals surface area contributed by atoms with Gasteiger partial charge in [-0.05, 0) is 30.7 Å². The molecular formula is C13H13BrN2O3. The number of methoxy groups -OCH3 is 1. The molecule has 19 heavy (non-hydrogen) atoms. The Morgan fingerprint density at radius 1 is 1.53 bits per heavy atom. The lowest BCUT2D eigenvalue weighted by atomic mass is 10.1. The van der Waals surface area contributed by atoms with E-state index in [0.29, 0.717) is 28.1 Å². The maximum atomic E-state index is 11.0. The number of nitriles is 1. The van der Waals surface area contributed by atoms with E-state index in [1.54, 1.807) is 18.2 Å². The van der Waals surface area contributed by atoms with Gasteiger partial charge in [-0.25, -0.2) is 0 Å². The monoisotopic (exact) mass is 324 g/mol. The Balaban J connectivity index is 3.31. The highest BCUT2D eigenvalue weighted by molar-refractivity contribution is 9.10. The summed E-state index contributed by atoms with van der Waals surface area (Å²) in [5.74, 6) is 0.312. The normalized spacial score (nSPS) is 10.7. The summed E-state index contributed by atoms with van der Waals surface area (Å²) in [7, 11) is 1.51. The van der Waals surface area contributed by atoms with E-state index in [9.17, 15) is 4.79 Å². The molecular weight excluding hydrogens is 312 g/mol. The van der Waals surface area contributed by atoms with E-state index in [2.05, 4.69) is 15.9 Å². The third-order valence-corrected chi connectivity index (χ3v) is 2.96. The van der Waals surface area contributed by atoms with Crippen molar-refractivity contribution in [3.05, 3.63) is 27.7 Å². The molecule has 1 aromatic carbocycles. The molecule has 0 aromatic heterocycles. The van der Waals surface area contributed by atoms with Crippen LogP contribution in [0.1, 0.15) is 12.5 Å². The molecule has 0 unspecified atom stereocenters. The van der Waals surface area contributed by atoms with Gasteiger partial charge in [-0.1, -0.05) is 15.9 Å². The number of nitrogens with two attached hydrogens (primary N) is 1. The second kappa shape index (κ2) is 6.81. The standard InChI is InChI=1S/C13H13BrN2O3/c1-3-19-12-6-10(14)8(5-11(12)18-2)4-9(7-15)13(16)17/h4-6H,3H2,1-2H3,(H2,16,17). The predicted molar refractivity (Wildman–Crippen MR) is 74.6 cm³/mol. The number of hydrogen-bond acceptors (Lipinski definition) is 4. The predicted octanol–water partition coefficient (Wildman–Crippen LogP) is 2.25. The van der Waals surface area contributed by atoms with E-state index in [1.807, 2.05) is 6.92 Å². The molecule has 2 N–H and O–H groups in total. The Hall–Kier alpha value is -2.00. The summed E-state index contributed by atoms with van der Waals surface area (Å²) in [5, 5.41) is 8.82. The summed E-state index contributed by atoms with van der Waals surface area (Å²) < 4.78 is 11.3. The second-order valence-electron chi connectivity index (χ2n) is 3.49. The number of rotatable bonds is 5. The van der Waals surface area contributed by atoms with Gasteiger partial charge in [-0.3, -0.25) is 4.79 Å². The Morgan fingerprint density at radius 3 is 2.68 bits per heavy atom. The number of ether oxygens (including phenoxy) is 2. The minimum absolute atomic E-state index is 0.132. The van der Waals surface area contributed by atoms with Crippen molar-refractivity contribution in [2.75, 3.05) is 13.7 Å². The molecule has 1 amide bonds. The minimum atomic E-state index is -0.776. The number of carbonyl (C=O) groups excluding carboxylic acids is 1. The van der Waals surface area contributed by atoms with Gasteiger partial charge in [-0.15, -0.1) is 0 Å². The van der Waals surface area contributed by atoms with Gasteiger partial charge in [0.1, 0.15) is 11.6 Å². The molecule has 1 aromatic rings. The zero-order valence-electron chi connectivity index (χ0n) is 10.6. The van der Waals surface area contributed by atoms with E-state index in [1.165, 1.54) is 13.2 Å². The molecule has 0 aliphatic heterocycles. The number of nitrogens with zero attached hydrogens (tertiary/aromatic N) is 1. The topological polar surface area (TPSA) is 85.3 Å². The van der Waals surface area contributed by atoms with Crippen LogP contribution in [0.25, 0.3) is 6.08 Å².